The average Bonchev–Trinajstić information content (AvgIpc) is 2.38. The number of rotatable bonds is 7. The topological polar surface area (TPSA) is 29.1 Å². The first-order chi connectivity index (χ1) is 8.22. The highest BCUT2D eigenvalue weighted by Crippen LogP contribution is 2.36. The molecule has 0 aromatic rings. The van der Waals surface area contributed by atoms with E-state index in [0.29, 0.717) is 12.3 Å². The molecule has 0 unspecified atom stereocenters. The van der Waals surface area contributed by atoms with Gasteiger partial charge in [-0.05, 0) is 19.3 Å². The van der Waals surface area contributed by atoms with Crippen LogP contribution in [0.3, 0.4) is 0 Å². The number of carbonyl (C=O) groups is 1. The number of carbonyl (C=O) groups excluding carboxylic acids is 1. The molecule has 0 aromatic heterocycles. The van der Waals surface area contributed by atoms with Gasteiger partial charge < -0.3 is 5.32 Å². The van der Waals surface area contributed by atoms with Gasteiger partial charge >= 0.3 is 0 Å². The predicted molar refractivity (Wildman–Crippen MR) is 73.4 cm³/mol. The number of nitrogens with one attached hydrogen (secondary N) is 1. The van der Waals surface area contributed by atoms with Crippen LogP contribution in [0.2, 0.25) is 0 Å². The van der Waals surface area contributed by atoms with Gasteiger partial charge in [-0.25, -0.2) is 0 Å². The van der Waals surface area contributed by atoms with Gasteiger partial charge in [-0.15, -0.1) is 11.6 Å². The molecule has 0 aliphatic heterocycles. The maximum absolute atomic E-state index is 11.7. The number of halogens is 1. The third-order valence-electron chi connectivity index (χ3n) is 3.87. The standard InChI is InChI=1S/C14H26ClNO/c1-2-3-5-8-13(17)16-12-14(11-15)9-6-4-7-10-14/h2-12H2,1H3,(H,16,17). The Labute approximate surface area is 110 Å². The van der Waals surface area contributed by atoms with Crippen molar-refractivity contribution in [2.24, 2.45) is 5.41 Å². The van der Waals surface area contributed by atoms with E-state index in [9.17, 15) is 4.79 Å². The highest BCUT2D eigenvalue weighted by atomic mass is 35.5. The summed E-state index contributed by atoms with van der Waals surface area (Å²) in [6.07, 6.45) is 10.2. The first-order valence-corrected chi connectivity index (χ1v) is 7.58. The largest absolute Gasteiger partial charge is 0.356 e. The fourth-order valence-electron chi connectivity index (χ4n) is 2.57. The summed E-state index contributed by atoms with van der Waals surface area (Å²) in [5.41, 5.74) is 0.181. The highest BCUT2D eigenvalue weighted by molar-refractivity contribution is 6.18. The molecule has 0 spiro atoms. The van der Waals surface area contributed by atoms with Gasteiger partial charge in [0.25, 0.3) is 0 Å². The van der Waals surface area contributed by atoms with Crippen molar-refractivity contribution < 1.29 is 4.79 Å². The molecule has 1 saturated carbocycles. The van der Waals surface area contributed by atoms with Crippen LogP contribution in [-0.2, 0) is 4.79 Å². The van der Waals surface area contributed by atoms with Crippen LogP contribution in [0.5, 0.6) is 0 Å². The van der Waals surface area contributed by atoms with Gasteiger partial charge in [0.15, 0.2) is 0 Å². The Balaban J connectivity index is 2.24. The fourth-order valence-corrected chi connectivity index (χ4v) is 2.93. The van der Waals surface area contributed by atoms with Crippen molar-refractivity contribution in [2.45, 2.75) is 64.7 Å². The van der Waals surface area contributed by atoms with Crippen LogP contribution < -0.4 is 5.32 Å². The lowest BCUT2D eigenvalue weighted by Crippen LogP contribution is -2.40. The van der Waals surface area contributed by atoms with Crippen LogP contribution in [0.15, 0.2) is 0 Å². The van der Waals surface area contributed by atoms with Crippen molar-refractivity contribution >= 4 is 17.5 Å². The third-order valence-corrected chi connectivity index (χ3v) is 4.43. The van der Waals surface area contributed by atoms with Crippen LogP contribution in [0.1, 0.15) is 64.7 Å². The minimum absolute atomic E-state index is 0.181. The van der Waals surface area contributed by atoms with E-state index in [1.165, 1.54) is 38.5 Å². The van der Waals surface area contributed by atoms with Gasteiger partial charge in [0.1, 0.15) is 0 Å². The van der Waals surface area contributed by atoms with E-state index >= 15 is 0 Å². The second-order valence-corrected chi connectivity index (χ2v) is 5.70. The molecule has 1 fully saturated rings. The Morgan fingerprint density at radius 1 is 1.24 bits per heavy atom. The molecule has 1 aliphatic rings. The number of hydrogen-bond acceptors (Lipinski definition) is 1. The molecular formula is C14H26ClNO. The Kier molecular flexibility index (Phi) is 6.94. The van der Waals surface area contributed by atoms with Crippen LogP contribution >= 0.6 is 11.6 Å². The minimum Gasteiger partial charge on any atom is -0.356 e. The Morgan fingerprint density at radius 2 is 1.94 bits per heavy atom. The zero-order chi connectivity index (χ0) is 12.6. The quantitative estimate of drug-likeness (QED) is 0.546. The van der Waals surface area contributed by atoms with Gasteiger partial charge in [0, 0.05) is 24.3 Å². The molecule has 0 heterocycles. The number of unbranched alkanes of at least 4 members (excludes halogenated alkanes) is 2. The molecule has 1 aliphatic carbocycles. The monoisotopic (exact) mass is 259 g/mol. The second kappa shape index (κ2) is 7.97. The van der Waals surface area contributed by atoms with Gasteiger partial charge in [-0.1, -0.05) is 39.0 Å². The maximum atomic E-state index is 11.7. The van der Waals surface area contributed by atoms with E-state index in [0.717, 1.165) is 19.4 Å². The summed E-state index contributed by atoms with van der Waals surface area (Å²) in [6.45, 7) is 2.93. The molecule has 1 N–H and O–H groups in total. The van der Waals surface area contributed by atoms with Crippen molar-refractivity contribution in [3.63, 3.8) is 0 Å². The zero-order valence-corrected chi connectivity index (χ0v) is 11.8. The van der Waals surface area contributed by atoms with E-state index in [4.69, 9.17) is 11.6 Å². The van der Waals surface area contributed by atoms with E-state index in [2.05, 4.69) is 12.2 Å². The Morgan fingerprint density at radius 3 is 2.53 bits per heavy atom. The van der Waals surface area contributed by atoms with Crippen LogP contribution in [-0.4, -0.2) is 18.3 Å². The van der Waals surface area contributed by atoms with Crippen LogP contribution in [0.4, 0.5) is 0 Å². The lowest BCUT2D eigenvalue weighted by atomic mass is 9.75. The van der Waals surface area contributed by atoms with E-state index in [-0.39, 0.29) is 11.3 Å². The van der Waals surface area contributed by atoms with Crippen molar-refractivity contribution in [2.75, 3.05) is 12.4 Å². The van der Waals surface area contributed by atoms with Gasteiger partial charge in [0.2, 0.25) is 5.91 Å². The maximum Gasteiger partial charge on any atom is 0.220 e. The fraction of sp³-hybridized carbons (Fsp3) is 0.929. The lowest BCUT2D eigenvalue weighted by molar-refractivity contribution is -0.121. The summed E-state index contributed by atoms with van der Waals surface area (Å²) < 4.78 is 0. The number of alkyl halides is 1. The second-order valence-electron chi connectivity index (χ2n) is 5.43. The molecule has 0 atom stereocenters. The molecule has 1 amide bonds. The molecule has 0 aromatic carbocycles. The molecule has 100 valence electrons. The van der Waals surface area contributed by atoms with Crippen LogP contribution in [0.25, 0.3) is 0 Å². The van der Waals surface area contributed by atoms with Gasteiger partial charge in [0.05, 0.1) is 0 Å². The first kappa shape index (κ1) is 14.8. The Hall–Kier alpha value is -0.240. The number of hydrogen-bond donors (Lipinski definition) is 1. The minimum atomic E-state index is 0.181. The normalized spacial score (nSPS) is 18.9. The summed E-state index contributed by atoms with van der Waals surface area (Å²) in [4.78, 5) is 11.7. The molecule has 0 bridgehead atoms. The SMILES string of the molecule is CCCCCC(=O)NCC1(CCl)CCCCC1. The molecule has 3 heteroatoms. The van der Waals surface area contributed by atoms with Gasteiger partial charge in [-0.3, -0.25) is 4.79 Å². The average molecular weight is 260 g/mol. The van der Waals surface area contributed by atoms with Crippen molar-refractivity contribution in [3.8, 4) is 0 Å². The van der Waals surface area contributed by atoms with Crippen molar-refractivity contribution in [1.82, 2.24) is 5.32 Å². The third kappa shape index (κ3) is 5.29. The summed E-state index contributed by atoms with van der Waals surface area (Å²) in [5, 5.41) is 3.08. The molecule has 2 nitrogen and oxygen atoms in total. The summed E-state index contributed by atoms with van der Waals surface area (Å²) >= 11 is 6.10. The van der Waals surface area contributed by atoms with E-state index < -0.39 is 0 Å². The predicted octanol–water partition coefficient (Wildman–Crippen LogP) is 3.87. The molecule has 1 rings (SSSR count). The van der Waals surface area contributed by atoms with E-state index in [1.807, 2.05) is 0 Å². The number of amides is 1. The van der Waals surface area contributed by atoms with Gasteiger partial charge in [-0.2, -0.15) is 0 Å². The molecule has 17 heavy (non-hydrogen) atoms. The van der Waals surface area contributed by atoms with Crippen molar-refractivity contribution in [3.05, 3.63) is 0 Å². The van der Waals surface area contributed by atoms with E-state index in [1.54, 1.807) is 0 Å². The molecule has 0 radical (unpaired) electrons. The summed E-state index contributed by atoms with van der Waals surface area (Å²) in [5.74, 6) is 0.885. The summed E-state index contributed by atoms with van der Waals surface area (Å²) in [6, 6.07) is 0. The molecule has 0 saturated heterocycles. The van der Waals surface area contributed by atoms with Crippen LogP contribution in [0, 0.1) is 5.41 Å². The zero-order valence-electron chi connectivity index (χ0n) is 11.1. The lowest BCUT2D eigenvalue weighted by Gasteiger charge is -2.35. The molecular weight excluding hydrogens is 234 g/mol. The summed E-state index contributed by atoms with van der Waals surface area (Å²) in [7, 11) is 0. The first-order valence-electron chi connectivity index (χ1n) is 7.05. The Bertz CT molecular complexity index is 224. The smallest absolute Gasteiger partial charge is 0.220 e. The highest BCUT2D eigenvalue weighted by Gasteiger charge is 2.31. The van der Waals surface area contributed by atoms with Crippen molar-refractivity contribution in [1.29, 1.82) is 0 Å².